The van der Waals surface area contributed by atoms with Crippen LogP contribution in [0.15, 0.2) is 75.9 Å². The van der Waals surface area contributed by atoms with E-state index in [2.05, 4.69) is 39.5 Å². The first-order valence-electron chi connectivity index (χ1n) is 7.90. The summed E-state index contributed by atoms with van der Waals surface area (Å²) < 4.78 is 0. The van der Waals surface area contributed by atoms with Gasteiger partial charge < -0.3 is 0 Å². The summed E-state index contributed by atoms with van der Waals surface area (Å²) in [5.41, 5.74) is 0. The molecule has 0 aliphatic carbocycles. The zero-order chi connectivity index (χ0) is 16.6. The van der Waals surface area contributed by atoms with Crippen molar-refractivity contribution in [1.82, 2.24) is 0 Å². The third-order valence-electron chi connectivity index (χ3n) is 2.45. The van der Waals surface area contributed by atoms with E-state index in [0.717, 1.165) is 38.5 Å². The molecule has 0 aromatic rings. The van der Waals surface area contributed by atoms with E-state index in [1.54, 1.807) is 0 Å². The van der Waals surface area contributed by atoms with Crippen LogP contribution < -0.4 is 0 Å². The van der Waals surface area contributed by atoms with Gasteiger partial charge in [0.05, 0.1) is 0 Å². The molecule has 0 rings (SSSR count). The Balaban J connectivity index is -0.0000000675. The van der Waals surface area contributed by atoms with Crippen LogP contribution in [-0.2, 0) is 40.8 Å². The van der Waals surface area contributed by atoms with Crippen LogP contribution >= 0.6 is 0 Å². The third-order valence-corrected chi connectivity index (χ3v) is 2.45. The average molecular weight is 501 g/mol. The number of allylic oxidation sites excluding steroid dienone is 6. The van der Waals surface area contributed by atoms with Gasteiger partial charge in [-0.3, -0.25) is 0 Å². The van der Waals surface area contributed by atoms with E-state index in [1.165, 1.54) is 19.3 Å². The molecule has 23 heavy (non-hydrogen) atoms. The Kier molecular flexibility index (Phi) is 64.0. The molecular formula is C21H36Pd2. The van der Waals surface area contributed by atoms with Crippen LogP contribution in [0.25, 0.3) is 0 Å². The molecule has 0 amide bonds. The van der Waals surface area contributed by atoms with Gasteiger partial charge >= 0.3 is 0 Å². The standard InChI is InChI=1S/3C7H12.2Pd/c3*1-3-5-7-6-4-2;;/h3*3-4H,1-2,5-7H2;;. The van der Waals surface area contributed by atoms with Gasteiger partial charge in [0, 0.05) is 40.8 Å². The van der Waals surface area contributed by atoms with Gasteiger partial charge in [0.15, 0.2) is 0 Å². The zero-order valence-corrected chi connectivity index (χ0v) is 17.8. The Labute approximate surface area is 173 Å². The summed E-state index contributed by atoms with van der Waals surface area (Å²) in [5, 5.41) is 0. The summed E-state index contributed by atoms with van der Waals surface area (Å²) in [6, 6.07) is 0. The molecule has 0 fully saturated rings. The van der Waals surface area contributed by atoms with Crippen LogP contribution in [0.5, 0.6) is 0 Å². The smallest absolute Gasteiger partial charge is 0 e. The van der Waals surface area contributed by atoms with Gasteiger partial charge in [-0.2, -0.15) is 0 Å². The van der Waals surface area contributed by atoms with Crippen molar-refractivity contribution in [3.8, 4) is 0 Å². The summed E-state index contributed by atoms with van der Waals surface area (Å²) in [6.07, 6.45) is 21.9. The Hall–Kier alpha value is -0.235. The molecule has 0 saturated carbocycles. The molecule has 0 aromatic carbocycles. The minimum Gasteiger partial charge on any atom is -0.103 e. The molecule has 2 heteroatoms. The molecular weight excluding hydrogens is 465 g/mol. The fourth-order valence-corrected chi connectivity index (χ4v) is 1.22. The predicted octanol–water partition coefficient (Wildman–Crippen LogP) is 7.58. The van der Waals surface area contributed by atoms with E-state index >= 15 is 0 Å². The van der Waals surface area contributed by atoms with E-state index in [4.69, 9.17) is 0 Å². The molecule has 140 valence electrons. The first-order chi connectivity index (χ1) is 10.2. The fourth-order valence-electron chi connectivity index (χ4n) is 1.22. The van der Waals surface area contributed by atoms with Gasteiger partial charge in [0.1, 0.15) is 0 Å². The van der Waals surface area contributed by atoms with Crippen LogP contribution in [0, 0.1) is 0 Å². The summed E-state index contributed by atoms with van der Waals surface area (Å²) in [7, 11) is 0. The molecule has 0 saturated heterocycles. The van der Waals surface area contributed by atoms with Crippen molar-refractivity contribution in [2.75, 3.05) is 0 Å². The monoisotopic (exact) mass is 500 g/mol. The molecule has 0 unspecified atom stereocenters. The average Bonchev–Trinajstić information content (AvgIpc) is 2.50. The maximum atomic E-state index is 3.60. The number of unbranched alkanes of at least 4 members (excludes halogenated alkanes) is 6. The van der Waals surface area contributed by atoms with Gasteiger partial charge in [0.2, 0.25) is 0 Å². The normalized spacial score (nSPS) is 7.30. The minimum atomic E-state index is 0. The van der Waals surface area contributed by atoms with Gasteiger partial charge in [0.25, 0.3) is 0 Å². The molecule has 0 aliphatic rings. The topological polar surface area (TPSA) is 0 Å². The Morgan fingerprint density at radius 1 is 0.348 bits per heavy atom. The second-order valence-corrected chi connectivity index (χ2v) is 4.52. The van der Waals surface area contributed by atoms with Crippen molar-refractivity contribution in [2.45, 2.75) is 57.8 Å². The maximum Gasteiger partial charge on any atom is 0 e. The molecule has 0 N–H and O–H groups in total. The Bertz CT molecular complexity index is 188. The van der Waals surface area contributed by atoms with E-state index < -0.39 is 0 Å². The molecule has 0 nitrogen and oxygen atoms in total. The van der Waals surface area contributed by atoms with Crippen LogP contribution in [0.1, 0.15) is 57.8 Å². The van der Waals surface area contributed by atoms with E-state index in [0.29, 0.717) is 0 Å². The maximum absolute atomic E-state index is 3.60. The Morgan fingerprint density at radius 3 is 0.565 bits per heavy atom. The van der Waals surface area contributed by atoms with Crippen molar-refractivity contribution >= 4 is 0 Å². The van der Waals surface area contributed by atoms with Crippen LogP contribution in [0.3, 0.4) is 0 Å². The molecule has 0 spiro atoms. The van der Waals surface area contributed by atoms with Crippen molar-refractivity contribution in [1.29, 1.82) is 0 Å². The minimum absolute atomic E-state index is 0. The third kappa shape index (κ3) is 61.4. The molecule has 0 radical (unpaired) electrons. The summed E-state index contributed by atoms with van der Waals surface area (Å²) >= 11 is 0. The number of hydrogen-bond donors (Lipinski definition) is 0. The van der Waals surface area contributed by atoms with E-state index in [9.17, 15) is 0 Å². The second kappa shape index (κ2) is 43.0. The van der Waals surface area contributed by atoms with E-state index in [-0.39, 0.29) is 40.8 Å². The predicted molar refractivity (Wildman–Crippen MR) is 103 cm³/mol. The first kappa shape index (κ1) is 34.2. The largest absolute Gasteiger partial charge is 0.103 e. The van der Waals surface area contributed by atoms with Crippen LogP contribution in [-0.4, -0.2) is 0 Å². The number of hydrogen-bond acceptors (Lipinski definition) is 0. The van der Waals surface area contributed by atoms with Crippen LogP contribution in [0.2, 0.25) is 0 Å². The van der Waals surface area contributed by atoms with Gasteiger partial charge in [-0.05, 0) is 57.8 Å². The molecule has 0 aromatic heterocycles. The zero-order valence-electron chi connectivity index (χ0n) is 14.7. The summed E-state index contributed by atoms with van der Waals surface area (Å²) in [5.74, 6) is 0. The van der Waals surface area contributed by atoms with Crippen molar-refractivity contribution in [3.63, 3.8) is 0 Å². The molecule has 0 heterocycles. The van der Waals surface area contributed by atoms with Gasteiger partial charge in [-0.25, -0.2) is 0 Å². The van der Waals surface area contributed by atoms with Gasteiger partial charge in [-0.1, -0.05) is 36.5 Å². The van der Waals surface area contributed by atoms with Crippen molar-refractivity contribution in [2.24, 2.45) is 0 Å². The van der Waals surface area contributed by atoms with Crippen molar-refractivity contribution in [3.05, 3.63) is 75.9 Å². The van der Waals surface area contributed by atoms with Crippen molar-refractivity contribution < 1.29 is 40.8 Å². The number of rotatable bonds is 12. The SMILES string of the molecule is C=CCCCC=C.C=CCCCC=C.C=CCCCC=C.[Pd].[Pd]. The van der Waals surface area contributed by atoms with E-state index in [1.807, 2.05) is 36.5 Å². The van der Waals surface area contributed by atoms with Gasteiger partial charge in [-0.15, -0.1) is 39.5 Å². The molecule has 0 bridgehead atoms. The molecule has 0 atom stereocenters. The fraction of sp³-hybridized carbons (Fsp3) is 0.429. The second-order valence-electron chi connectivity index (χ2n) is 4.52. The Morgan fingerprint density at radius 2 is 0.478 bits per heavy atom. The quantitative estimate of drug-likeness (QED) is 0.147. The van der Waals surface area contributed by atoms with Crippen LogP contribution in [0.4, 0.5) is 0 Å². The molecule has 0 aliphatic heterocycles. The summed E-state index contributed by atoms with van der Waals surface area (Å²) in [6.45, 7) is 21.6. The summed E-state index contributed by atoms with van der Waals surface area (Å²) in [4.78, 5) is 0. The first-order valence-corrected chi connectivity index (χ1v) is 7.90.